The molecule has 2 aliphatic carbocycles. The quantitative estimate of drug-likeness (QED) is 0.244. The fraction of sp³-hybridized carbons (Fsp3) is 0.294. The number of ketones is 2. The van der Waals surface area contributed by atoms with E-state index in [1.54, 1.807) is 24.3 Å². The van der Waals surface area contributed by atoms with Crippen LogP contribution in [0.25, 0.3) is 0 Å². The number of likely N-dealkylation sites (N-methyl/N-ethyl adjacent to an activating group) is 2. The number of fused-ring (bicyclic) bond motifs is 2. The molecule has 0 heterocycles. The molecule has 3 aromatic rings. The third-order valence-corrected chi connectivity index (χ3v) is 8.01. The summed E-state index contributed by atoms with van der Waals surface area (Å²) in [6.45, 7) is 6.91. The minimum absolute atomic E-state index is 0.0785. The van der Waals surface area contributed by atoms with Crippen LogP contribution in [-0.2, 0) is 0 Å². The largest absolute Gasteiger partial charge is 0.395 e. The number of hydrogen-bond acceptors (Lipinski definition) is 8. The van der Waals surface area contributed by atoms with Crippen LogP contribution in [0.1, 0.15) is 34.6 Å². The van der Waals surface area contributed by atoms with E-state index in [0.717, 1.165) is 35.8 Å². The van der Waals surface area contributed by atoms with Crippen molar-refractivity contribution in [2.24, 2.45) is 11.8 Å². The minimum atomic E-state index is -0.694. The third-order valence-electron chi connectivity index (χ3n) is 8.01. The summed E-state index contributed by atoms with van der Waals surface area (Å²) in [5.74, 6) is -1.56. The van der Waals surface area contributed by atoms with Crippen LogP contribution >= 0.6 is 0 Å². The molecule has 8 heteroatoms. The molecule has 0 bridgehead atoms. The van der Waals surface area contributed by atoms with Gasteiger partial charge in [-0.15, -0.1) is 0 Å². The Morgan fingerprint density at radius 2 is 1.00 bits per heavy atom. The number of hydrogen-bond donors (Lipinski definition) is 4. The first-order chi connectivity index (χ1) is 20.5. The normalized spacial score (nSPS) is 17.5. The van der Waals surface area contributed by atoms with Crippen LogP contribution in [0, 0.1) is 11.8 Å². The Morgan fingerprint density at radius 1 is 0.619 bits per heavy atom. The standard InChI is InChI=1S/C34H38N4O4/c1-3-37(19-21-39)25-13-9-23(10-14-25)35-29-17-18-30(36-24-11-15-26(16-12-24)38(4-2)20-22-40)32-31(29)33(41)27-7-5-6-8-28(27)34(32)42/h5-18,31-32,35-36,39-40H,3-4,19-22H2,1-2H3. The second-order valence-corrected chi connectivity index (χ2v) is 10.4. The van der Waals surface area contributed by atoms with Gasteiger partial charge < -0.3 is 30.6 Å². The van der Waals surface area contributed by atoms with Gasteiger partial charge in [-0.25, -0.2) is 0 Å². The summed E-state index contributed by atoms with van der Waals surface area (Å²) >= 11 is 0. The van der Waals surface area contributed by atoms with E-state index < -0.39 is 11.8 Å². The monoisotopic (exact) mass is 566 g/mol. The van der Waals surface area contributed by atoms with Crippen molar-refractivity contribution in [1.29, 1.82) is 0 Å². The van der Waals surface area contributed by atoms with Crippen molar-refractivity contribution in [1.82, 2.24) is 0 Å². The molecule has 0 aromatic heterocycles. The summed E-state index contributed by atoms with van der Waals surface area (Å²) in [5, 5.41) is 25.6. The number of allylic oxidation sites excluding steroid dienone is 4. The van der Waals surface area contributed by atoms with E-state index in [4.69, 9.17) is 0 Å². The summed E-state index contributed by atoms with van der Waals surface area (Å²) in [6, 6.07) is 22.8. The van der Waals surface area contributed by atoms with Crippen LogP contribution in [0.15, 0.2) is 96.3 Å². The van der Waals surface area contributed by atoms with Crippen LogP contribution in [0.4, 0.5) is 22.7 Å². The summed E-state index contributed by atoms with van der Waals surface area (Å²) in [5.41, 5.74) is 5.87. The van der Waals surface area contributed by atoms with Crippen molar-refractivity contribution in [2.75, 3.05) is 59.8 Å². The van der Waals surface area contributed by atoms with E-state index in [1.807, 2.05) is 74.5 Å². The zero-order valence-corrected chi connectivity index (χ0v) is 24.1. The lowest BCUT2D eigenvalue weighted by molar-refractivity contribution is 0.0787. The van der Waals surface area contributed by atoms with Crippen LogP contribution in [0.3, 0.4) is 0 Å². The predicted molar refractivity (Wildman–Crippen MR) is 168 cm³/mol. The highest BCUT2D eigenvalue weighted by Crippen LogP contribution is 2.41. The first-order valence-electron chi connectivity index (χ1n) is 14.5. The van der Waals surface area contributed by atoms with Gasteiger partial charge >= 0.3 is 0 Å². The second-order valence-electron chi connectivity index (χ2n) is 10.4. The van der Waals surface area contributed by atoms with Crippen LogP contribution in [0.5, 0.6) is 0 Å². The molecule has 0 saturated carbocycles. The number of rotatable bonds is 12. The summed E-state index contributed by atoms with van der Waals surface area (Å²) in [7, 11) is 0. The van der Waals surface area contributed by atoms with Gasteiger partial charge in [0, 0.05) is 71.4 Å². The Labute approximate surface area is 247 Å². The number of carbonyl (C=O) groups excluding carboxylic acids is 2. The SMILES string of the molecule is CCN(CCO)c1ccc(NC2=CC=C(Nc3ccc(N(CC)CCO)cc3)C3C(=O)c4ccccc4C(=O)C23)cc1. The fourth-order valence-corrected chi connectivity index (χ4v) is 5.84. The molecule has 5 rings (SSSR count). The Kier molecular flexibility index (Phi) is 9.05. The maximum atomic E-state index is 13.9. The smallest absolute Gasteiger partial charge is 0.173 e. The lowest BCUT2D eigenvalue weighted by Crippen LogP contribution is -2.42. The maximum Gasteiger partial charge on any atom is 0.173 e. The van der Waals surface area contributed by atoms with Crippen molar-refractivity contribution >= 4 is 34.3 Å². The van der Waals surface area contributed by atoms with Gasteiger partial charge in [-0.1, -0.05) is 24.3 Å². The number of Topliss-reactive ketones (excluding diaryl/α,β-unsaturated/α-hetero) is 2. The summed E-state index contributed by atoms with van der Waals surface area (Å²) < 4.78 is 0. The molecule has 2 atom stereocenters. The van der Waals surface area contributed by atoms with Gasteiger partial charge in [0.2, 0.25) is 0 Å². The molecular weight excluding hydrogens is 528 g/mol. The van der Waals surface area contributed by atoms with Gasteiger partial charge in [0.1, 0.15) is 0 Å². The molecule has 0 spiro atoms. The predicted octanol–water partition coefficient (Wildman–Crippen LogP) is 4.94. The molecule has 2 unspecified atom stereocenters. The number of carbonyl (C=O) groups is 2. The zero-order chi connectivity index (χ0) is 29.6. The molecule has 8 nitrogen and oxygen atoms in total. The molecule has 0 aliphatic heterocycles. The average molecular weight is 567 g/mol. The molecular formula is C34H38N4O4. The second kappa shape index (κ2) is 13.1. The number of aliphatic hydroxyl groups is 2. The Hall–Kier alpha value is -4.40. The first-order valence-corrected chi connectivity index (χ1v) is 14.5. The van der Waals surface area contributed by atoms with Crippen molar-refractivity contribution in [2.45, 2.75) is 13.8 Å². The van der Waals surface area contributed by atoms with Crippen molar-refractivity contribution in [3.8, 4) is 0 Å². The van der Waals surface area contributed by atoms with Gasteiger partial charge in [-0.3, -0.25) is 9.59 Å². The summed E-state index contributed by atoms with van der Waals surface area (Å²) in [4.78, 5) is 32.0. The van der Waals surface area contributed by atoms with Gasteiger partial charge in [-0.05, 0) is 74.5 Å². The molecule has 0 amide bonds. The lowest BCUT2D eigenvalue weighted by Gasteiger charge is -2.36. The van der Waals surface area contributed by atoms with Gasteiger partial charge in [0.15, 0.2) is 11.6 Å². The summed E-state index contributed by atoms with van der Waals surface area (Å²) in [6.07, 6.45) is 3.77. The molecule has 3 aromatic carbocycles. The fourth-order valence-electron chi connectivity index (χ4n) is 5.84. The molecule has 0 radical (unpaired) electrons. The molecule has 2 aliphatic rings. The zero-order valence-electron chi connectivity index (χ0n) is 24.1. The lowest BCUT2D eigenvalue weighted by atomic mass is 9.69. The van der Waals surface area contributed by atoms with Crippen molar-refractivity contribution in [3.05, 3.63) is 107 Å². The highest BCUT2D eigenvalue weighted by atomic mass is 16.3. The van der Waals surface area contributed by atoms with Crippen LogP contribution < -0.4 is 20.4 Å². The average Bonchev–Trinajstić information content (AvgIpc) is 3.03. The van der Waals surface area contributed by atoms with Crippen molar-refractivity contribution < 1.29 is 19.8 Å². The third kappa shape index (κ3) is 5.82. The molecule has 0 fully saturated rings. The molecule has 4 N–H and O–H groups in total. The van der Waals surface area contributed by atoms with Crippen LogP contribution in [0.2, 0.25) is 0 Å². The van der Waals surface area contributed by atoms with E-state index in [1.165, 1.54) is 0 Å². The van der Waals surface area contributed by atoms with Gasteiger partial charge in [0.05, 0.1) is 25.0 Å². The highest BCUT2D eigenvalue weighted by Gasteiger charge is 2.46. The Bertz CT molecular complexity index is 1370. The molecule has 42 heavy (non-hydrogen) atoms. The molecule has 218 valence electrons. The maximum absolute atomic E-state index is 13.9. The van der Waals surface area contributed by atoms with E-state index in [-0.39, 0.29) is 24.8 Å². The first kappa shape index (κ1) is 29.1. The highest BCUT2D eigenvalue weighted by molar-refractivity contribution is 6.18. The Balaban J connectivity index is 1.45. The van der Waals surface area contributed by atoms with E-state index in [9.17, 15) is 19.8 Å². The minimum Gasteiger partial charge on any atom is -0.395 e. The number of nitrogens with one attached hydrogen (secondary N) is 2. The van der Waals surface area contributed by atoms with Gasteiger partial charge in [-0.2, -0.15) is 0 Å². The topological polar surface area (TPSA) is 105 Å². The van der Waals surface area contributed by atoms with Crippen molar-refractivity contribution in [3.63, 3.8) is 0 Å². The Morgan fingerprint density at radius 3 is 1.33 bits per heavy atom. The van der Waals surface area contributed by atoms with E-state index in [0.29, 0.717) is 35.6 Å². The molecule has 0 saturated heterocycles. The van der Waals surface area contributed by atoms with E-state index in [2.05, 4.69) is 20.4 Å². The van der Waals surface area contributed by atoms with Gasteiger partial charge in [0.25, 0.3) is 0 Å². The van der Waals surface area contributed by atoms with E-state index >= 15 is 0 Å². The van der Waals surface area contributed by atoms with Crippen LogP contribution in [-0.4, -0.2) is 61.2 Å². The number of anilines is 4. The number of aliphatic hydroxyl groups excluding tert-OH is 2. The number of benzene rings is 3. The number of nitrogens with zero attached hydrogens (tertiary/aromatic N) is 2.